The molecule has 1 atom stereocenters. The summed E-state index contributed by atoms with van der Waals surface area (Å²) in [6.45, 7) is 5.82. The average molecular weight is 430 g/mol. The zero-order valence-corrected chi connectivity index (χ0v) is 18.4. The molecule has 1 heterocycles. The minimum atomic E-state index is -0.454. The predicted octanol–water partition coefficient (Wildman–Crippen LogP) is 5.12. The number of amides is 1. The standard InChI is InChI=1S/C25H23N3O2S/c1-16-10-9-15-22(17(16)2)28-24(30)20-13-7-8-14-21(20)27-25(28)31-18(3)23(29)26-19-11-5-4-6-12-19/h4-15,18H,1-3H3,(H,26,29)/t18-/m0/s1. The molecule has 0 unspecified atom stereocenters. The van der Waals surface area contributed by atoms with E-state index in [0.717, 1.165) is 22.5 Å². The van der Waals surface area contributed by atoms with Gasteiger partial charge < -0.3 is 5.32 Å². The van der Waals surface area contributed by atoms with E-state index in [1.807, 2.05) is 87.5 Å². The SMILES string of the molecule is Cc1cccc(-n2c(S[C@@H](C)C(=O)Nc3ccccc3)nc3ccccc3c2=O)c1C. The topological polar surface area (TPSA) is 64.0 Å². The third-order valence-corrected chi connectivity index (χ3v) is 6.31. The van der Waals surface area contributed by atoms with Gasteiger partial charge in [0.05, 0.1) is 21.8 Å². The lowest BCUT2D eigenvalue weighted by molar-refractivity contribution is -0.115. The number of aryl methyl sites for hydroxylation is 1. The smallest absolute Gasteiger partial charge is 0.266 e. The van der Waals surface area contributed by atoms with Crippen LogP contribution in [-0.4, -0.2) is 20.7 Å². The van der Waals surface area contributed by atoms with E-state index < -0.39 is 5.25 Å². The molecular weight excluding hydrogens is 406 g/mol. The highest BCUT2D eigenvalue weighted by Gasteiger charge is 2.21. The van der Waals surface area contributed by atoms with Gasteiger partial charge in [-0.15, -0.1) is 0 Å². The van der Waals surface area contributed by atoms with Gasteiger partial charge in [0.1, 0.15) is 0 Å². The zero-order valence-electron chi connectivity index (χ0n) is 17.6. The van der Waals surface area contributed by atoms with E-state index in [4.69, 9.17) is 4.98 Å². The summed E-state index contributed by atoms with van der Waals surface area (Å²) >= 11 is 1.28. The number of carbonyl (C=O) groups excluding carboxylic acids is 1. The van der Waals surface area contributed by atoms with Crippen LogP contribution in [0, 0.1) is 13.8 Å². The maximum absolute atomic E-state index is 13.5. The molecule has 0 saturated carbocycles. The maximum Gasteiger partial charge on any atom is 0.266 e. The number of anilines is 1. The Labute approximate surface area is 185 Å². The fourth-order valence-electron chi connectivity index (χ4n) is 3.36. The molecule has 0 aliphatic heterocycles. The Bertz CT molecular complexity index is 1320. The molecule has 1 aromatic heterocycles. The minimum Gasteiger partial charge on any atom is -0.325 e. The fraction of sp³-hybridized carbons (Fsp3) is 0.160. The molecule has 31 heavy (non-hydrogen) atoms. The third-order valence-electron chi connectivity index (χ3n) is 5.25. The number of nitrogens with one attached hydrogen (secondary N) is 1. The number of aromatic nitrogens is 2. The predicted molar refractivity (Wildman–Crippen MR) is 127 cm³/mol. The molecule has 4 aromatic rings. The second kappa shape index (κ2) is 8.78. The molecule has 5 nitrogen and oxygen atoms in total. The Morgan fingerprint density at radius 2 is 1.68 bits per heavy atom. The quantitative estimate of drug-likeness (QED) is 0.353. The van der Waals surface area contributed by atoms with Gasteiger partial charge in [-0.25, -0.2) is 4.98 Å². The number of hydrogen-bond acceptors (Lipinski definition) is 4. The monoisotopic (exact) mass is 429 g/mol. The first-order valence-electron chi connectivity index (χ1n) is 10.1. The lowest BCUT2D eigenvalue weighted by atomic mass is 10.1. The Balaban J connectivity index is 1.78. The lowest BCUT2D eigenvalue weighted by Crippen LogP contribution is -2.26. The number of para-hydroxylation sites is 2. The number of carbonyl (C=O) groups is 1. The van der Waals surface area contributed by atoms with Gasteiger partial charge in [-0.3, -0.25) is 14.2 Å². The van der Waals surface area contributed by atoms with Gasteiger partial charge >= 0.3 is 0 Å². The summed E-state index contributed by atoms with van der Waals surface area (Å²) < 4.78 is 1.63. The van der Waals surface area contributed by atoms with Crippen LogP contribution < -0.4 is 10.9 Å². The molecule has 4 rings (SSSR count). The van der Waals surface area contributed by atoms with E-state index in [9.17, 15) is 9.59 Å². The Morgan fingerprint density at radius 1 is 0.968 bits per heavy atom. The van der Waals surface area contributed by atoms with Crippen LogP contribution in [0.5, 0.6) is 0 Å². The molecule has 0 radical (unpaired) electrons. The molecule has 6 heteroatoms. The molecule has 0 aliphatic carbocycles. The number of benzene rings is 3. The molecule has 0 aliphatic rings. The molecule has 1 N–H and O–H groups in total. The molecule has 0 bridgehead atoms. The van der Waals surface area contributed by atoms with Gasteiger partial charge in [0, 0.05) is 5.69 Å². The molecule has 0 spiro atoms. The van der Waals surface area contributed by atoms with Crippen molar-refractivity contribution >= 4 is 34.3 Å². The van der Waals surface area contributed by atoms with Gasteiger partial charge in [0.25, 0.3) is 5.56 Å². The summed E-state index contributed by atoms with van der Waals surface area (Å²) in [5.74, 6) is -0.147. The maximum atomic E-state index is 13.5. The van der Waals surface area contributed by atoms with Crippen molar-refractivity contribution in [3.05, 3.63) is 94.3 Å². The van der Waals surface area contributed by atoms with Crippen LogP contribution in [0.3, 0.4) is 0 Å². The Hall–Kier alpha value is -3.38. The Kier molecular flexibility index (Phi) is 5.91. The van der Waals surface area contributed by atoms with E-state index in [-0.39, 0.29) is 11.5 Å². The summed E-state index contributed by atoms with van der Waals surface area (Å²) in [6.07, 6.45) is 0. The van der Waals surface area contributed by atoms with Crippen LogP contribution >= 0.6 is 11.8 Å². The second-order valence-electron chi connectivity index (χ2n) is 7.39. The first-order chi connectivity index (χ1) is 15.0. The van der Waals surface area contributed by atoms with E-state index >= 15 is 0 Å². The van der Waals surface area contributed by atoms with Crippen LogP contribution in [-0.2, 0) is 4.79 Å². The van der Waals surface area contributed by atoms with Crippen molar-refractivity contribution in [2.45, 2.75) is 31.2 Å². The van der Waals surface area contributed by atoms with Crippen LogP contribution in [0.15, 0.2) is 82.7 Å². The average Bonchev–Trinajstić information content (AvgIpc) is 2.77. The molecule has 0 fully saturated rings. The molecule has 156 valence electrons. The van der Waals surface area contributed by atoms with Gasteiger partial charge in [-0.1, -0.05) is 54.2 Å². The normalized spacial score (nSPS) is 12.0. The molecule has 1 amide bonds. The fourth-order valence-corrected chi connectivity index (χ4v) is 4.28. The van der Waals surface area contributed by atoms with Gasteiger partial charge in [-0.2, -0.15) is 0 Å². The number of hydrogen-bond donors (Lipinski definition) is 1. The first-order valence-corrected chi connectivity index (χ1v) is 10.9. The zero-order chi connectivity index (χ0) is 22.0. The molecule has 3 aromatic carbocycles. The Morgan fingerprint density at radius 3 is 2.45 bits per heavy atom. The lowest BCUT2D eigenvalue weighted by Gasteiger charge is -2.18. The van der Waals surface area contributed by atoms with Crippen molar-refractivity contribution in [1.82, 2.24) is 9.55 Å². The highest BCUT2D eigenvalue weighted by molar-refractivity contribution is 8.00. The van der Waals surface area contributed by atoms with E-state index in [2.05, 4.69) is 5.32 Å². The van der Waals surface area contributed by atoms with Crippen molar-refractivity contribution < 1.29 is 4.79 Å². The molecular formula is C25H23N3O2S. The first kappa shape index (κ1) is 20.9. The van der Waals surface area contributed by atoms with Crippen molar-refractivity contribution in [2.24, 2.45) is 0 Å². The van der Waals surface area contributed by atoms with E-state index in [0.29, 0.717) is 16.1 Å². The van der Waals surface area contributed by atoms with Crippen LogP contribution in [0.25, 0.3) is 16.6 Å². The highest BCUT2D eigenvalue weighted by Crippen LogP contribution is 2.27. The van der Waals surface area contributed by atoms with Gasteiger partial charge in [-0.05, 0) is 62.2 Å². The summed E-state index contributed by atoms with van der Waals surface area (Å²) in [7, 11) is 0. The third kappa shape index (κ3) is 4.25. The van der Waals surface area contributed by atoms with E-state index in [1.54, 1.807) is 10.6 Å². The van der Waals surface area contributed by atoms with Crippen molar-refractivity contribution in [3.8, 4) is 5.69 Å². The summed E-state index contributed by atoms with van der Waals surface area (Å²) in [5, 5.41) is 3.51. The second-order valence-corrected chi connectivity index (χ2v) is 8.69. The van der Waals surface area contributed by atoms with Crippen LogP contribution in [0.2, 0.25) is 0 Å². The number of fused-ring (bicyclic) bond motifs is 1. The van der Waals surface area contributed by atoms with Crippen LogP contribution in [0.1, 0.15) is 18.1 Å². The number of rotatable bonds is 5. The number of nitrogens with zero attached hydrogens (tertiary/aromatic N) is 2. The highest BCUT2D eigenvalue weighted by atomic mass is 32.2. The van der Waals surface area contributed by atoms with Gasteiger partial charge in [0.15, 0.2) is 5.16 Å². The molecule has 0 saturated heterocycles. The van der Waals surface area contributed by atoms with Crippen molar-refractivity contribution in [2.75, 3.05) is 5.32 Å². The van der Waals surface area contributed by atoms with Crippen molar-refractivity contribution in [1.29, 1.82) is 0 Å². The van der Waals surface area contributed by atoms with Crippen molar-refractivity contribution in [3.63, 3.8) is 0 Å². The van der Waals surface area contributed by atoms with Gasteiger partial charge in [0.2, 0.25) is 5.91 Å². The summed E-state index contributed by atoms with van der Waals surface area (Å²) in [5.41, 5.74) is 4.08. The van der Waals surface area contributed by atoms with Crippen LogP contribution in [0.4, 0.5) is 5.69 Å². The minimum absolute atomic E-state index is 0.141. The summed E-state index contributed by atoms with van der Waals surface area (Å²) in [6, 6.07) is 22.5. The summed E-state index contributed by atoms with van der Waals surface area (Å²) in [4.78, 5) is 31.0. The number of thioether (sulfide) groups is 1. The van der Waals surface area contributed by atoms with E-state index in [1.165, 1.54) is 11.8 Å². The largest absolute Gasteiger partial charge is 0.325 e.